The largest absolute Gasteiger partial charge is 0.481 e. The van der Waals surface area contributed by atoms with Crippen LogP contribution in [0.15, 0.2) is 48.5 Å². The molecule has 0 saturated heterocycles. The summed E-state index contributed by atoms with van der Waals surface area (Å²) in [4.78, 5) is 34.1. The molecule has 0 aliphatic carbocycles. The van der Waals surface area contributed by atoms with Crippen molar-refractivity contribution in [1.82, 2.24) is 0 Å². The molecule has 1 N–H and O–H groups in total. The van der Waals surface area contributed by atoms with E-state index >= 15 is 0 Å². The first-order valence-electron chi connectivity index (χ1n) is 7.31. The number of nitro groups is 1. The maximum atomic E-state index is 12.3. The van der Waals surface area contributed by atoms with Gasteiger partial charge in [-0.05, 0) is 31.2 Å². The summed E-state index contributed by atoms with van der Waals surface area (Å²) in [6.45, 7) is 1.53. The van der Waals surface area contributed by atoms with Crippen LogP contribution in [0.4, 0.5) is 11.4 Å². The highest BCUT2D eigenvalue weighted by molar-refractivity contribution is 6.02. The minimum atomic E-state index is -0.882. The van der Waals surface area contributed by atoms with Gasteiger partial charge in [-0.1, -0.05) is 12.1 Å². The fourth-order valence-corrected chi connectivity index (χ4v) is 2.02. The molecule has 25 heavy (non-hydrogen) atoms. The number of esters is 1. The number of amides is 1. The molecule has 0 heterocycles. The Labute approximate surface area is 143 Å². The van der Waals surface area contributed by atoms with Crippen LogP contribution in [0.3, 0.4) is 0 Å². The van der Waals surface area contributed by atoms with Crippen molar-refractivity contribution < 1.29 is 24.0 Å². The van der Waals surface area contributed by atoms with Gasteiger partial charge in [0.2, 0.25) is 0 Å². The topological polar surface area (TPSA) is 108 Å². The van der Waals surface area contributed by atoms with E-state index in [1.807, 2.05) is 0 Å². The molecule has 2 aromatic rings. The number of nitrogens with zero attached hydrogens (tertiary/aromatic N) is 1. The predicted molar refractivity (Wildman–Crippen MR) is 89.6 cm³/mol. The van der Waals surface area contributed by atoms with E-state index < -0.39 is 22.9 Å². The molecule has 0 bridgehead atoms. The van der Waals surface area contributed by atoms with Gasteiger partial charge >= 0.3 is 5.97 Å². The fourth-order valence-electron chi connectivity index (χ4n) is 2.02. The van der Waals surface area contributed by atoms with Gasteiger partial charge in [0.05, 0.1) is 23.3 Å². The molecule has 1 unspecified atom stereocenters. The van der Waals surface area contributed by atoms with Gasteiger partial charge in [0.1, 0.15) is 5.75 Å². The molecular weight excluding hydrogens is 328 g/mol. The molecule has 0 aromatic heterocycles. The maximum Gasteiger partial charge on any atom is 0.339 e. The van der Waals surface area contributed by atoms with Crippen molar-refractivity contribution in [3.05, 3.63) is 64.2 Å². The summed E-state index contributed by atoms with van der Waals surface area (Å²) >= 11 is 0. The van der Waals surface area contributed by atoms with Crippen molar-refractivity contribution >= 4 is 23.3 Å². The SMILES string of the molecule is COC(=O)c1ccccc1NC(=O)C(C)Oc1ccc([N+](=O)[O-])cc1. The zero-order chi connectivity index (χ0) is 18.4. The number of hydrogen-bond acceptors (Lipinski definition) is 6. The Morgan fingerprint density at radius 1 is 1.12 bits per heavy atom. The normalized spacial score (nSPS) is 11.3. The van der Waals surface area contributed by atoms with E-state index in [4.69, 9.17) is 4.74 Å². The average molecular weight is 344 g/mol. The zero-order valence-electron chi connectivity index (χ0n) is 13.6. The second-order valence-electron chi connectivity index (χ2n) is 5.04. The number of non-ortho nitro benzene ring substituents is 1. The highest BCUT2D eigenvalue weighted by atomic mass is 16.6. The van der Waals surface area contributed by atoms with Crippen LogP contribution >= 0.6 is 0 Å². The summed E-state index contributed by atoms with van der Waals surface area (Å²) in [5.74, 6) is -0.732. The van der Waals surface area contributed by atoms with Crippen LogP contribution in [0.2, 0.25) is 0 Å². The Bertz CT molecular complexity index is 788. The third kappa shape index (κ3) is 4.54. The molecule has 0 radical (unpaired) electrons. The van der Waals surface area contributed by atoms with E-state index in [1.165, 1.54) is 44.4 Å². The molecule has 8 nitrogen and oxygen atoms in total. The van der Waals surface area contributed by atoms with Crippen LogP contribution < -0.4 is 10.1 Å². The van der Waals surface area contributed by atoms with Crippen molar-refractivity contribution in [2.45, 2.75) is 13.0 Å². The number of hydrogen-bond donors (Lipinski definition) is 1. The Kier molecular flexibility index (Phi) is 5.67. The van der Waals surface area contributed by atoms with Crippen LogP contribution in [-0.2, 0) is 9.53 Å². The van der Waals surface area contributed by atoms with Crippen LogP contribution in [0.1, 0.15) is 17.3 Å². The minimum Gasteiger partial charge on any atom is -0.481 e. The predicted octanol–water partition coefficient (Wildman–Crippen LogP) is 2.79. The van der Waals surface area contributed by atoms with Gasteiger partial charge in [-0.25, -0.2) is 4.79 Å². The molecule has 0 spiro atoms. The first kappa shape index (κ1) is 17.9. The molecule has 0 fully saturated rings. The lowest BCUT2D eigenvalue weighted by Gasteiger charge is -2.16. The number of methoxy groups -OCH3 is 1. The maximum absolute atomic E-state index is 12.3. The molecule has 8 heteroatoms. The zero-order valence-corrected chi connectivity index (χ0v) is 13.6. The number of rotatable bonds is 6. The second-order valence-corrected chi connectivity index (χ2v) is 5.04. The summed E-state index contributed by atoms with van der Waals surface area (Å²) in [7, 11) is 1.25. The fraction of sp³-hybridized carbons (Fsp3) is 0.176. The van der Waals surface area contributed by atoms with Gasteiger partial charge in [0, 0.05) is 12.1 Å². The van der Waals surface area contributed by atoms with E-state index in [0.29, 0.717) is 11.4 Å². The van der Waals surface area contributed by atoms with Crippen molar-refractivity contribution in [3.63, 3.8) is 0 Å². The molecule has 0 saturated carbocycles. The number of para-hydroxylation sites is 1. The number of ether oxygens (including phenoxy) is 2. The minimum absolute atomic E-state index is 0.0727. The third-order valence-electron chi connectivity index (χ3n) is 3.32. The van der Waals surface area contributed by atoms with Crippen molar-refractivity contribution in [3.8, 4) is 5.75 Å². The van der Waals surface area contributed by atoms with E-state index in [2.05, 4.69) is 10.1 Å². The van der Waals surface area contributed by atoms with E-state index in [-0.39, 0.29) is 11.3 Å². The van der Waals surface area contributed by atoms with Crippen LogP contribution in [0.5, 0.6) is 5.75 Å². The van der Waals surface area contributed by atoms with Crippen LogP contribution in [-0.4, -0.2) is 30.0 Å². The Morgan fingerprint density at radius 2 is 1.76 bits per heavy atom. The lowest BCUT2D eigenvalue weighted by atomic mass is 10.1. The molecule has 1 amide bonds. The van der Waals surface area contributed by atoms with E-state index in [0.717, 1.165) is 0 Å². The van der Waals surface area contributed by atoms with Gasteiger partial charge in [-0.3, -0.25) is 14.9 Å². The van der Waals surface area contributed by atoms with Crippen molar-refractivity contribution in [2.75, 3.05) is 12.4 Å². The van der Waals surface area contributed by atoms with Gasteiger partial charge in [-0.15, -0.1) is 0 Å². The van der Waals surface area contributed by atoms with Crippen LogP contribution in [0, 0.1) is 10.1 Å². The molecular formula is C17H16N2O6. The van der Waals surface area contributed by atoms with E-state index in [1.54, 1.807) is 18.2 Å². The van der Waals surface area contributed by atoms with E-state index in [9.17, 15) is 19.7 Å². The second kappa shape index (κ2) is 7.91. The number of anilines is 1. The van der Waals surface area contributed by atoms with Gasteiger partial charge in [0.15, 0.2) is 6.10 Å². The molecule has 130 valence electrons. The number of nitrogens with one attached hydrogen (secondary N) is 1. The lowest BCUT2D eigenvalue weighted by molar-refractivity contribution is -0.384. The average Bonchev–Trinajstić information content (AvgIpc) is 2.61. The molecule has 2 rings (SSSR count). The molecule has 0 aliphatic heterocycles. The van der Waals surface area contributed by atoms with Gasteiger partial charge in [-0.2, -0.15) is 0 Å². The smallest absolute Gasteiger partial charge is 0.339 e. The number of carbonyl (C=O) groups excluding carboxylic acids is 2. The van der Waals surface area contributed by atoms with Crippen molar-refractivity contribution in [2.24, 2.45) is 0 Å². The lowest BCUT2D eigenvalue weighted by Crippen LogP contribution is -2.30. The quantitative estimate of drug-likeness (QED) is 0.490. The number of nitro benzene ring substituents is 1. The third-order valence-corrected chi connectivity index (χ3v) is 3.32. The highest BCUT2D eigenvalue weighted by Crippen LogP contribution is 2.20. The Balaban J connectivity index is 2.06. The van der Waals surface area contributed by atoms with Crippen molar-refractivity contribution in [1.29, 1.82) is 0 Å². The molecule has 2 aromatic carbocycles. The Morgan fingerprint density at radius 3 is 2.36 bits per heavy atom. The summed E-state index contributed by atoms with van der Waals surface area (Å²) in [5.41, 5.74) is 0.454. The highest BCUT2D eigenvalue weighted by Gasteiger charge is 2.19. The first-order valence-corrected chi connectivity index (χ1v) is 7.31. The van der Waals surface area contributed by atoms with Gasteiger partial charge in [0.25, 0.3) is 11.6 Å². The molecule has 1 atom stereocenters. The summed E-state index contributed by atoms with van der Waals surface area (Å²) in [5, 5.41) is 13.2. The van der Waals surface area contributed by atoms with Gasteiger partial charge < -0.3 is 14.8 Å². The summed E-state index contributed by atoms with van der Waals surface area (Å²) in [6.07, 6.45) is -0.882. The summed E-state index contributed by atoms with van der Waals surface area (Å²) < 4.78 is 10.1. The number of carbonyl (C=O) groups is 2. The summed E-state index contributed by atoms with van der Waals surface area (Å²) in [6, 6.07) is 11.8. The number of benzene rings is 2. The Hall–Kier alpha value is -3.42. The first-order chi connectivity index (χ1) is 11.9. The standard InChI is InChI=1S/C17H16N2O6/c1-11(25-13-9-7-12(8-10-13)19(22)23)16(20)18-15-6-4-3-5-14(15)17(21)24-2/h3-11H,1-2H3,(H,18,20). The molecule has 0 aliphatic rings. The van der Waals surface area contributed by atoms with Crippen LogP contribution in [0.25, 0.3) is 0 Å². The monoisotopic (exact) mass is 344 g/mol.